The van der Waals surface area contributed by atoms with Crippen LogP contribution in [0.3, 0.4) is 0 Å². The molecule has 6 heteroatoms. The Balaban J connectivity index is 2.13. The van der Waals surface area contributed by atoms with Gasteiger partial charge in [0.05, 0.1) is 12.0 Å². The molecule has 1 heterocycles. The van der Waals surface area contributed by atoms with Crippen molar-refractivity contribution in [3.8, 4) is 0 Å². The third kappa shape index (κ3) is 3.74. The van der Waals surface area contributed by atoms with Crippen molar-refractivity contribution in [1.82, 2.24) is 0 Å². The molecule has 0 saturated carbocycles. The maximum absolute atomic E-state index is 12.2. The topological polar surface area (TPSA) is 83.5 Å². The molecule has 1 aliphatic rings. The number of carbonyl (C=O) groups excluding carboxylic acids is 2. The number of aryl methyl sites for hydroxylation is 1. The van der Waals surface area contributed by atoms with E-state index in [-0.39, 0.29) is 24.5 Å². The summed E-state index contributed by atoms with van der Waals surface area (Å²) in [7, 11) is 0. The third-order valence-corrected chi connectivity index (χ3v) is 5.00. The number of anilines is 1. The molecule has 0 aromatic carbocycles. The smallest absolute Gasteiger partial charge is 0.303 e. The molecule has 0 unspecified atom stereocenters. The van der Waals surface area contributed by atoms with Gasteiger partial charge in [0.15, 0.2) is 5.78 Å². The predicted molar refractivity (Wildman–Crippen MR) is 85.6 cm³/mol. The first-order chi connectivity index (χ1) is 10.2. The number of fused-ring (bicyclic) bond motifs is 1. The Morgan fingerprint density at radius 2 is 1.91 bits per heavy atom. The van der Waals surface area contributed by atoms with Crippen molar-refractivity contribution < 1.29 is 19.5 Å². The van der Waals surface area contributed by atoms with Crippen LogP contribution in [-0.2, 0) is 22.4 Å². The molecule has 120 valence electrons. The maximum Gasteiger partial charge on any atom is 0.303 e. The lowest BCUT2D eigenvalue weighted by Crippen LogP contribution is -2.25. The van der Waals surface area contributed by atoms with Crippen LogP contribution in [0.2, 0.25) is 0 Å². The van der Waals surface area contributed by atoms with Crippen molar-refractivity contribution in [3.63, 3.8) is 0 Å². The summed E-state index contributed by atoms with van der Waals surface area (Å²) in [5, 5.41) is 12.3. The third-order valence-electron chi connectivity index (χ3n) is 3.80. The second-order valence-electron chi connectivity index (χ2n) is 6.58. The number of rotatable bonds is 6. The monoisotopic (exact) mass is 323 g/mol. The van der Waals surface area contributed by atoms with Gasteiger partial charge < -0.3 is 10.4 Å². The fourth-order valence-electron chi connectivity index (χ4n) is 2.94. The van der Waals surface area contributed by atoms with Crippen LogP contribution in [0.5, 0.6) is 0 Å². The molecule has 1 aromatic rings. The lowest BCUT2D eigenvalue weighted by molar-refractivity contribution is -0.139. The highest BCUT2D eigenvalue weighted by atomic mass is 32.1. The lowest BCUT2D eigenvalue weighted by atomic mass is 9.85. The minimum Gasteiger partial charge on any atom is -0.481 e. The average Bonchev–Trinajstić information content (AvgIpc) is 2.84. The predicted octanol–water partition coefficient (Wildman–Crippen LogP) is 3.27. The number of carboxylic acid groups (broad SMARTS) is 1. The number of thiophene rings is 1. The number of carbonyl (C=O) groups is 3. The number of hydrogen-bond donors (Lipinski definition) is 2. The molecule has 0 spiro atoms. The molecule has 1 aromatic heterocycles. The van der Waals surface area contributed by atoms with Gasteiger partial charge in [0, 0.05) is 11.3 Å². The standard InChI is InChI=1S/C16H21NO4S/c1-9(18)14-10-5-4-6-11(10)22-15(14)17-12(19)7-16(2,3)8-13(20)21/h4-8H2,1-3H3,(H,17,19)(H,20,21). The van der Waals surface area contributed by atoms with E-state index in [0.29, 0.717) is 10.6 Å². The number of hydrogen-bond acceptors (Lipinski definition) is 4. The Labute approximate surface area is 133 Å². The van der Waals surface area contributed by atoms with Gasteiger partial charge in [-0.3, -0.25) is 14.4 Å². The molecule has 2 rings (SSSR count). The van der Waals surface area contributed by atoms with Crippen LogP contribution < -0.4 is 5.32 Å². The quantitative estimate of drug-likeness (QED) is 0.787. The van der Waals surface area contributed by atoms with Crippen LogP contribution >= 0.6 is 11.3 Å². The van der Waals surface area contributed by atoms with E-state index in [0.717, 1.165) is 24.8 Å². The number of amides is 1. The van der Waals surface area contributed by atoms with Crippen LogP contribution in [0, 0.1) is 5.41 Å². The van der Waals surface area contributed by atoms with Crippen LogP contribution in [0.15, 0.2) is 0 Å². The molecule has 0 aliphatic heterocycles. The summed E-state index contributed by atoms with van der Waals surface area (Å²) >= 11 is 1.48. The van der Waals surface area contributed by atoms with Crippen LogP contribution in [0.25, 0.3) is 0 Å². The van der Waals surface area contributed by atoms with E-state index in [1.807, 2.05) is 0 Å². The molecule has 2 N–H and O–H groups in total. The second kappa shape index (κ2) is 6.20. The molecule has 0 fully saturated rings. The Bertz CT molecular complexity index is 630. The van der Waals surface area contributed by atoms with Crippen molar-refractivity contribution in [2.24, 2.45) is 5.41 Å². The minimum atomic E-state index is -0.919. The Kier molecular flexibility index (Phi) is 4.70. The summed E-state index contributed by atoms with van der Waals surface area (Å²) in [6.45, 7) is 5.02. The van der Waals surface area contributed by atoms with E-state index >= 15 is 0 Å². The zero-order valence-electron chi connectivity index (χ0n) is 13.1. The fourth-order valence-corrected chi connectivity index (χ4v) is 4.30. The van der Waals surface area contributed by atoms with E-state index in [4.69, 9.17) is 5.11 Å². The van der Waals surface area contributed by atoms with Crippen molar-refractivity contribution in [1.29, 1.82) is 0 Å². The number of aliphatic carboxylic acids is 1. The highest BCUT2D eigenvalue weighted by Crippen LogP contribution is 2.39. The van der Waals surface area contributed by atoms with Gasteiger partial charge in [-0.2, -0.15) is 0 Å². The van der Waals surface area contributed by atoms with E-state index in [1.165, 1.54) is 23.1 Å². The zero-order valence-corrected chi connectivity index (χ0v) is 13.9. The number of ketones is 1. The molecule has 22 heavy (non-hydrogen) atoms. The molecule has 0 bridgehead atoms. The molecule has 5 nitrogen and oxygen atoms in total. The minimum absolute atomic E-state index is 0.0282. The molecule has 1 amide bonds. The summed E-state index contributed by atoms with van der Waals surface area (Å²) in [5.41, 5.74) is 1.10. The first-order valence-corrected chi connectivity index (χ1v) is 8.18. The Hall–Kier alpha value is -1.69. The second-order valence-corrected chi connectivity index (χ2v) is 7.68. The molecule has 0 saturated heterocycles. The average molecular weight is 323 g/mol. The molecule has 0 radical (unpaired) electrons. The highest BCUT2D eigenvalue weighted by molar-refractivity contribution is 7.17. The molecular formula is C16H21NO4S. The summed E-state index contributed by atoms with van der Waals surface area (Å²) in [6, 6.07) is 0. The summed E-state index contributed by atoms with van der Waals surface area (Å²) in [6.07, 6.45) is 2.95. The van der Waals surface area contributed by atoms with Crippen molar-refractivity contribution in [3.05, 3.63) is 16.0 Å². The zero-order chi connectivity index (χ0) is 16.5. The fraction of sp³-hybridized carbons (Fsp3) is 0.562. The van der Waals surface area contributed by atoms with Gasteiger partial charge >= 0.3 is 5.97 Å². The van der Waals surface area contributed by atoms with Crippen LogP contribution in [0.1, 0.15) is 60.8 Å². The number of nitrogens with one attached hydrogen (secondary N) is 1. The molecule has 0 atom stereocenters. The van der Waals surface area contributed by atoms with E-state index in [1.54, 1.807) is 13.8 Å². The normalized spacial score (nSPS) is 13.8. The van der Waals surface area contributed by atoms with Gasteiger partial charge in [0.25, 0.3) is 0 Å². The largest absolute Gasteiger partial charge is 0.481 e. The lowest BCUT2D eigenvalue weighted by Gasteiger charge is -2.21. The Morgan fingerprint density at radius 3 is 2.50 bits per heavy atom. The van der Waals surface area contributed by atoms with Crippen molar-refractivity contribution in [2.45, 2.75) is 52.9 Å². The summed E-state index contributed by atoms with van der Waals surface area (Å²) in [4.78, 5) is 36.1. The van der Waals surface area contributed by atoms with Crippen LogP contribution in [-0.4, -0.2) is 22.8 Å². The maximum atomic E-state index is 12.2. The van der Waals surface area contributed by atoms with E-state index < -0.39 is 11.4 Å². The molecular weight excluding hydrogens is 302 g/mol. The number of carboxylic acids is 1. The number of Topliss-reactive ketones (excluding diaryl/α,β-unsaturated/α-hetero) is 1. The van der Waals surface area contributed by atoms with Gasteiger partial charge in [-0.05, 0) is 37.2 Å². The van der Waals surface area contributed by atoms with Gasteiger partial charge in [-0.1, -0.05) is 13.8 Å². The summed E-state index contributed by atoms with van der Waals surface area (Å²) in [5.74, 6) is -1.19. The van der Waals surface area contributed by atoms with Gasteiger partial charge in [-0.25, -0.2) is 0 Å². The molecule has 1 aliphatic carbocycles. The van der Waals surface area contributed by atoms with E-state index in [2.05, 4.69) is 5.32 Å². The SMILES string of the molecule is CC(=O)c1c(NC(=O)CC(C)(C)CC(=O)O)sc2c1CCC2. The van der Waals surface area contributed by atoms with Gasteiger partial charge in [0.2, 0.25) is 5.91 Å². The van der Waals surface area contributed by atoms with Gasteiger partial charge in [0.1, 0.15) is 5.00 Å². The summed E-state index contributed by atoms with van der Waals surface area (Å²) < 4.78 is 0. The first kappa shape index (κ1) is 16.7. The first-order valence-electron chi connectivity index (χ1n) is 7.37. The van der Waals surface area contributed by atoms with E-state index in [9.17, 15) is 14.4 Å². The van der Waals surface area contributed by atoms with Crippen LogP contribution in [0.4, 0.5) is 5.00 Å². The van der Waals surface area contributed by atoms with Gasteiger partial charge in [-0.15, -0.1) is 11.3 Å². The van der Waals surface area contributed by atoms with Crippen molar-refractivity contribution in [2.75, 3.05) is 5.32 Å². The Morgan fingerprint density at radius 1 is 1.23 bits per heavy atom. The highest BCUT2D eigenvalue weighted by Gasteiger charge is 2.28. The van der Waals surface area contributed by atoms with Crippen molar-refractivity contribution >= 4 is 34.0 Å².